The molecule has 2 rings (SSSR count). The van der Waals surface area contributed by atoms with Crippen molar-refractivity contribution in [2.75, 3.05) is 11.4 Å². The van der Waals surface area contributed by atoms with Gasteiger partial charge in [0.1, 0.15) is 5.82 Å². The number of pyridine rings is 1. The summed E-state index contributed by atoms with van der Waals surface area (Å²) >= 11 is 0. The highest BCUT2D eigenvalue weighted by Crippen LogP contribution is 2.32. The molecule has 0 amide bonds. The van der Waals surface area contributed by atoms with Gasteiger partial charge in [-0.1, -0.05) is 19.9 Å². The van der Waals surface area contributed by atoms with Gasteiger partial charge in [0.05, 0.1) is 6.61 Å². The molecule has 88 valence electrons. The highest BCUT2D eigenvalue weighted by molar-refractivity contribution is 5.48. The normalized spacial score (nSPS) is 15.5. The third kappa shape index (κ3) is 2.53. The van der Waals surface area contributed by atoms with Crippen molar-refractivity contribution in [1.29, 1.82) is 0 Å². The molecule has 1 fully saturated rings. The van der Waals surface area contributed by atoms with Crippen LogP contribution in [-0.2, 0) is 6.61 Å². The Morgan fingerprint density at radius 1 is 1.50 bits per heavy atom. The van der Waals surface area contributed by atoms with E-state index in [-0.39, 0.29) is 6.61 Å². The number of hydrogen-bond donors (Lipinski definition) is 1. The molecule has 0 radical (unpaired) electrons. The second kappa shape index (κ2) is 4.83. The number of anilines is 1. The fourth-order valence-corrected chi connectivity index (χ4v) is 2.00. The molecule has 0 atom stereocenters. The molecular weight excluding hydrogens is 200 g/mol. The Kier molecular flexibility index (Phi) is 3.44. The Morgan fingerprint density at radius 3 is 2.81 bits per heavy atom. The minimum Gasteiger partial charge on any atom is -0.392 e. The van der Waals surface area contributed by atoms with Crippen LogP contribution in [0.5, 0.6) is 0 Å². The van der Waals surface area contributed by atoms with Crippen LogP contribution in [0, 0.1) is 5.92 Å². The summed E-state index contributed by atoms with van der Waals surface area (Å²) in [6, 6.07) is 4.48. The van der Waals surface area contributed by atoms with E-state index >= 15 is 0 Å². The molecular formula is C13H20N2O. The van der Waals surface area contributed by atoms with Crippen molar-refractivity contribution >= 4 is 5.82 Å². The Balaban J connectivity index is 2.23. The van der Waals surface area contributed by atoms with Crippen molar-refractivity contribution < 1.29 is 5.11 Å². The molecule has 3 heteroatoms. The van der Waals surface area contributed by atoms with Crippen LogP contribution in [0.1, 0.15) is 32.3 Å². The van der Waals surface area contributed by atoms with Crippen LogP contribution < -0.4 is 4.90 Å². The van der Waals surface area contributed by atoms with E-state index in [1.165, 1.54) is 12.8 Å². The van der Waals surface area contributed by atoms with E-state index in [1.807, 2.05) is 18.3 Å². The summed E-state index contributed by atoms with van der Waals surface area (Å²) in [5.74, 6) is 1.59. The van der Waals surface area contributed by atoms with Crippen LogP contribution >= 0.6 is 0 Å². The lowest BCUT2D eigenvalue weighted by Crippen LogP contribution is -2.31. The predicted octanol–water partition coefficient (Wildman–Crippen LogP) is 2.20. The van der Waals surface area contributed by atoms with Crippen molar-refractivity contribution in [2.24, 2.45) is 5.92 Å². The summed E-state index contributed by atoms with van der Waals surface area (Å²) in [5.41, 5.74) is 0.940. The number of aliphatic hydroxyl groups excluding tert-OH is 1. The van der Waals surface area contributed by atoms with Crippen molar-refractivity contribution in [3.63, 3.8) is 0 Å². The summed E-state index contributed by atoms with van der Waals surface area (Å²) in [7, 11) is 0. The van der Waals surface area contributed by atoms with Crippen molar-refractivity contribution in [1.82, 2.24) is 4.98 Å². The lowest BCUT2D eigenvalue weighted by molar-refractivity contribution is 0.281. The van der Waals surface area contributed by atoms with Crippen molar-refractivity contribution in [3.8, 4) is 0 Å². The second-order valence-electron chi connectivity index (χ2n) is 4.92. The first kappa shape index (κ1) is 11.4. The molecule has 1 N–H and O–H groups in total. The van der Waals surface area contributed by atoms with E-state index in [1.54, 1.807) is 0 Å². The maximum Gasteiger partial charge on any atom is 0.134 e. The van der Waals surface area contributed by atoms with E-state index in [0.717, 1.165) is 17.9 Å². The third-order valence-electron chi connectivity index (χ3n) is 2.86. The molecule has 3 nitrogen and oxygen atoms in total. The lowest BCUT2D eigenvalue weighted by atomic mass is 10.2. The molecule has 1 aliphatic rings. The van der Waals surface area contributed by atoms with Gasteiger partial charge in [-0.3, -0.25) is 0 Å². The fourth-order valence-electron chi connectivity index (χ4n) is 2.00. The molecule has 0 aromatic carbocycles. The van der Waals surface area contributed by atoms with Gasteiger partial charge in [0, 0.05) is 24.3 Å². The number of aromatic nitrogens is 1. The Hall–Kier alpha value is -1.09. The largest absolute Gasteiger partial charge is 0.392 e. The van der Waals surface area contributed by atoms with Gasteiger partial charge in [-0.25, -0.2) is 4.98 Å². The molecule has 0 bridgehead atoms. The topological polar surface area (TPSA) is 36.4 Å². The molecule has 1 aromatic rings. The maximum absolute atomic E-state index is 9.34. The van der Waals surface area contributed by atoms with Gasteiger partial charge in [-0.15, -0.1) is 0 Å². The monoisotopic (exact) mass is 220 g/mol. The maximum atomic E-state index is 9.34. The van der Waals surface area contributed by atoms with Gasteiger partial charge in [0.25, 0.3) is 0 Å². The summed E-state index contributed by atoms with van der Waals surface area (Å²) in [6.45, 7) is 5.53. The fraction of sp³-hybridized carbons (Fsp3) is 0.615. The van der Waals surface area contributed by atoms with Crippen LogP contribution in [0.25, 0.3) is 0 Å². The summed E-state index contributed by atoms with van der Waals surface area (Å²) < 4.78 is 0. The minimum atomic E-state index is 0.0739. The Labute approximate surface area is 97.1 Å². The molecule has 0 unspecified atom stereocenters. The van der Waals surface area contributed by atoms with Gasteiger partial charge >= 0.3 is 0 Å². The zero-order valence-corrected chi connectivity index (χ0v) is 10.1. The molecule has 0 spiro atoms. The predicted molar refractivity (Wildman–Crippen MR) is 65.4 cm³/mol. The molecule has 1 aromatic heterocycles. The van der Waals surface area contributed by atoms with Gasteiger partial charge in [-0.05, 0) is 24.8 Å². The van der Waals surface area contributed by atoms with Gasteiger partial charge in [0.2, 0.25) is 0 Å². The first-order chi connectivity index (χ1) is 7.72. The third-order valence-corrected chi connectivity index (χ3v) is 2.86. The number of aliphatic hydroxyl groups is 1. The standard InChI is InChI=1S/C13H20N2O/c1-10(2)8-15(12-5-6-12)13-11(9-16)4-3-7-14-13/h3-4,7,10,12,16H,5-6,8-9H2,1-2H3. The van der Waals surface area contributed by atoms with E-state index in [4.69, 9.17) is 0 Å². The van der Waals surface area contributed by atoms with Crippen LogP contribution in [0.15, 0.2) is 18.3 Å². The highest BCUT2D eigenvalue weighted by atomic mass is 16.3. The van der Waals surface area contributed by atoms with Crippen molar-refractivity contribution in [3.05, 3.63) is 23.9 Å². The van der Waals surface area contributed by atoms with Gasteiger partial charge in [-0.2, -0.15) is 0 Å². The average Bonchev–Trinajstić information content (AvgIpc) is 3.09. The number of hydrogen-bond acceptors (Lipinski definition) is 3. The molecule has 1 aliphatic carbocycles. The van der Waals surface area contributed by atoms with E-state index in [9.17, 15) is 5.11 Å². The Bertz CT molecular complexity index is 348. The van der Waals surface area contributed by atoms with Crippen molar-refractivity contribution in [2.45, 2.75) is 39.3 Å². The summed E-state index contributed by atoms with van der Waals surface area (Å²) in [5, 5.41) is 9.34. The second-order valence-corrected chi connectivity index (χ2v) is 4.92. The highest BCUT2D eigenvalue weighted by Gasteiger charge is 2.31. The quantitative estimate of drug-likeness (QED) is 0.826. The van der Waals surface area contributed by atoms with E-state index < -0.39 is 0 Å². The van der Waals surface area contributed by atoms with E-state index in [0.29, 0.717) is 12.0 Å². The smallest absolute Gasteiger partial charge is 0.134 e. The van der Waals surface area contributed by atoms with Crippen LogP contribution in [0.2, 0.25) is 0 Å². The van der Waals surface area contributed by atoms with Crippen LogP contribution in [0.3, 0.4) is 0 Å². The molecule has 0 saturated heterocycles. The van der Waals surface area contributed by atoms with Gasteiger partial charge < -0.3 is 10.0 Å². The van der Waals surface area contributed by atoms with Crippen LogP contribution in [0.4, 0.5) is 5.82 Å². The average molecular weight is 220 g/mol. The Morgan fingerprint density at radius 2 is 2.25 bits per heavy atom. The van der Waals surface area contributed by atoms with Crippen LogP contribution in [-0.4, -0.2) is 22.7 Å². The number of rotatable bonds is 5. The minimum absolute atomic E-state index is 0.0739. The molecule has 0 aliphatic heterocycles. The summed E-state index contributed by atoms with van der Waals surface area (Å²) in [4.78, 5) is 6.79. The summed E-state index contributed by atoms with van der Waals surface area (Å²) in [6.07, 6.45) is 4.33. The zero-order valence-electron chi connectivity index (χ0n) is 10.1. The zero-order chi connectivity index (χ0) is 11.5. The number of nitrogens with zero attached hydrogens (tertiary/aromatic N) is 2. The molecule has 1 heterocycles. The first-order valence-corrected chi connectivity index (χ1v) is 6.03. The molecule has 1 saturated carbocycles. The lowest BCUT2D eigenvalue weighted by Gasteiger charge is -2.27. The SMILES string of the molecule is CC(C)CN(c1ncccc1CO)C1CC1. The first-order valence-electron chi connectivity index (χ1n) is 6.03. The van der Waals surface area contributed by atoms with E-state index in [2.05, 4.69) is 23.7 Å². The van der Waals surface area contributed by atoms with Gasteiger partial charge in [0.15, 0.2) is 0 Å². The molecule has 16 heavy (non-hydrogen) atoms.